The number of methoxy groups -OCH3 is 1. The number of ether oxygens (including phenoxy) is 1. The molecular weight excluding hydrogens is 420 g/mol. The number of hydrogen-bond acceptors (Lipinski definition) is 6. The third kappa shape index (κ3) is 3.94. The second-order valence-corrected chi connectivity index (χ2v) is 7.19. The van der Waals surface area contributed by atoms with Crippen molar-refractivity contribution in [2.45, 2.75) is 0 Å². The van der Waals surface area contributed by atoms with E-state index in [-0.39, 0.29) is 11.6 Å². The third-order valence-electron chi connectivity index (χ3n) is 5.12. The molecular formula is C24H18N6O3. The van der Waals surface area contributed by atoms with Gasteiger partial charge >= 0.3 is 5.97 Å². The molecule has 0 aliphatic rings. The van der Waals surface area contributed by atoms with Gasteiger partial charge in [0.1, 0.15) is 6.33 Å². The zero-order chi connectivity index (χ0) is 22.8. The minimum Gasteiger partial charge on any atom is -0.464 e. The summed E-state index contributed by atoms with van der Waals surface area (Å²) in [4.78, 5) is 28.8. The van der Waals surface area contributed by atoms with E-state index in [4.69, 9.17) is 0 Å². The molecule has 5 rings (SSSR count). The largest absolute Gasteiger partial charge is 0.464 e. The van der Waals surface area contributed by atoms with Crippen LogP contribution >= 0.6 is 0 Å². The molecule has 0 bridgehead atoms. The van der Waals surface area contributed by atoms with Crippen LogP contribution in [-0.4, -0.2) is 43.5 Å². The number of imidazole rings is 1. The Morgan fingerprint density at radius 2 is 1.76 bits per heavy atom. The van der Waals surface area contributed by atoms with Gasteiger partial charge in [0.05, 0.1) is 30.0 Å². The van der Waals surface area contributed by atoms with Crippen LogP contribution in [-0.2, 0) is 4.74 Å². The highest BCUT2D eigenvalue weighted by Gasteiger charge is 2.13. The van der Waals surface area contributed by atoms with Crippen molar-refractivity contribution in [1.82, 2.24) is 24.5 Å². The molecule has 0 unspecified atom stereocenters. The number of nitrogens with one attached hydrogen (secondary N) is 1. The molecule has 9 heteroatoms. The van der Waals surface area contributed by atoms with Gasteiger partial charge in [-0.25, -0.2) is 14.5 Å². The van der Waals surface area contributed by atoms with E-state index < -0.39 is 5.97 Å². The van der Waals surface area contributed by atoms with Gasteiger partial charge < -0.3 is 10.1 Å². The van der Waals surface area contributed by atoms with Crippen molar-refractivity contribution in [2.24, 2.45) is 0 Å². The molecule has 5 aromatic rings. The average Bonchev–Trinajstić information content (AvgIpc) is 3.52. The lowest BCUT2D eigenvalue weighted by molar-refractivity contribution is 0.0593. The molecule has 0 radical (unpaired) electrons. The number of amides is 1. The molecule has 0 fully saturated rings. The Labute approximate surface area is 188 Å². The van der Waals surface area contributed by atoms with Crippen LogP contribution in [0.4, 0.5) is 5.69 Å². The fourth-order valence-electron chi connectivity index (χ4n) is 3.46. The Kier molecular flexibility index (Phi) is 5.12. The fraction of sp³-hybridized carbons (Fsp3) is 0.0417. The highest BCUT2D eigenvalue weighted by Crippen LogP contribution is 2.19. The second kappa shape index (κ2) is 8.39. The van der Waals surface area contributed by atoms with E-state index in [2.05, 4.69) is 25.3 Å². The molecule has 0 saturated heterocycles. The first-order valence-electron chi connectivity index (χ1n) is 10.1. The number of para-hydroxylation sites is 2. The fourth-order valence-corrected chi connectivity index (χ4v) is 3.46. The number of rotatable bonds is 5. The monoisotopic (exact) mass is 438 g/mol. The summed E-state index contributed by atoms with van der Waals surface area (Å²) in [5.41, 5.74) is 4.64. The third-order valence-corrected chi connectivity index (χ3v) is 5.12. The minimum absolute atomic E-state index is 0.0951. The van der Waals surface area contributed by atoms with Crippen LogP contribution in [0.2, 0.25) is 0 Å². The van der Waals surface area contributed by atoms with Gasteiger partial charge in [-0.1, -0.05) is 23.4 Å². The minimum atomic E-state index is -0.571. The summed E-state index contributed by atoms with van der Waals surface area (Å²) in [6.45, 7) is 0. The molecule has 0 aliphatic heterocycles. The van der Waals surface area contributed by atoms with Crippen LogP contribution in [0, 0.1) is 0 Å². The Hall–Kier alpha value is -4.79. The standard InChI is InChI=1S/C24H18N6O3/c1-33-24(32)21-14-30(28-27-21)19-6-4-5-17(13-19)26-23(31)16-9-11-18(12-10-16)29-15-25-20-7-2-3-8-22(20)29/h2-15H,1H3,(H,26,31). The van der Waals surface area contributed by atoms with Crippen molar-refractivity contribution in [2.75, 3.05) is 12.4 Å². The van der Waals surface area contributed by atoms with E-state index in [1.54, 1.807) is 42.7 Å². The molecule has 1 amide bonds. The predicted molar refractivity (Wildman–Crippen MR) is 122 cm³/mol. The summed E-state index contributed by atoms with van der Waals surface area (Å²) in [5.74, 6) is -0.819. The van der Waals surface area contributed by atoms with Crippen molar-refractivity contribution in [3.05, 3.63) is 96.6 Å². The maximum atomic E-state index is 12.8. The Balaban J connectivity index is 1.33. The first-order valence-corrected chi connectivity index (χ1v) is 10.1. The zero-order valence-corrected chi connectivity index (χ0v) is 17.5. The van der Waals surface area contributed by atoms with E-state index in [9.17, 15) is 9.59 Å². The first-order chi connectivity index (χ1) is 16.1. The van der Waals surface area contributed by atoms with E-state index in [1.807, 2.05) is 41.0 Å². The summed E-state index contributed by atoms with van der Waals surface area (Å²) in [5, 5.41) is 10.6. The van der Waals surface area contributed by atoms with Crippen molar-refractivity contribution >= 4 is 28.6 Å². The van der Waals surface area contributed by atoms with E-state index in [0.29, 0.717) is 16.9 Å². The summed E-state index contributed by atoms with van der Waals surface area (Å²) in [6, 6.07) is 22.2. The van der Waals surface area contributed by atoms with E-state index in [1.165, 1.54) is 18.0 Å². The SMILES string of the molecule is COC(=O)c1cn(-c2cccc(NC(=O)c3ccc(-n4cnc5ccccc54)cc3)c2)nn1. The number of nitrogens with zero attached hydrogens (tertiary/aromatic N) is 5. The van der Waals surface area contributed by atoms with Crippen LogP contribution in [0.15, 0.2) is 85.3 Å². The van der Waals surface area contributed by atoms with Gasteiger partial charge in [-0.15, -0.1) is 5.10 Å². The number of aromatic nitrogens is 5. The Morgan fingerprint density at radius 1 is 0.939 bits per heavy atom. The van der Waals surface area contributed by atoms with Crippen molar-refractivity contribution in [3.63, 3.8) is 0 Å². The van der Waals surface area contributed by atoms with Gasteiger partial charge in [-0.2, -0.15) is 0 Å². The summed E-state index contributed by atoms with van der Waals surface area (Å²) in [6.07, 6.45) is 3.23. The smallest absolute Gasteiger partial charge is 0.360 e. The van der Waals surface area contributed by atoms with Crippen molar-refractivity contribution in [3.8, 4) is 11.4 Å². The number of hydrogen-bond donors (Lipinski definition) is 1. The van der Waals surface area contributed by atoms with Gasteiger partial charge in [0.15, 0.2) is 5.69 Å². The molecule has 2 aromatic heterocycles. The highest BCUT2D eigenvalue weighted by molar-refractivity contribution is 6.04. The normalized spacial score (nSPS) is 10.8. The Morgan fingerprint density at radius 3 is 2.58 bits per heavy atom. The quantitative estimate of drug-likeness (QED) is 0.420. The van der Waals surface area contributed by atoms with Gasteiger partial charge in [-0.05, 0) is 54.6 Å². The molecule has 0 atom stereocenters. The predicted octanol–water partition coefficient (Wildman–Crippen LogP) is 3.65. The van der Waals surface area contributed by atoms with E-state index >= 15 is 0 Å². The van der Waals surface area contributed by atoms with Crippen LogP contribution in [0.5, 0.6) is 0 Å². The molecule has 0 spiro atoms. The number of anilines is 1. The highest BCUT2D eigenvalue weighted by atomic mass is 16.5. The number of benzene rings is 3. The van der Waals surface area contributed by atoms with Gasteiger partial charge in [0, 0.05) is 16.9 Å². The summed E-state index contributed by atoms with van der Waals surface area (Å²) in [7, 11) is 1.28. The summed E-state index contributed by atoms with van der Waals surface area (Å²) >= 11 is 0. The maximum absolute atomic E-state index is 12.8. The first kappa shape index (κ1) is 20.1. The number of carbonyl (C=O) groups excluding carboxylic acids is 2. The second-order valence-electron chi connectivity index (χ2n) is 7.19. The zero-order valence-electron chi connectivity index (χ0n) is 17.5. The topological polar surface area (TPSA) is 104 Å². The van der Waals surface area contributed by atoms with Crippen LogP contribution in [0.1, 0.15) is 20.8 Å². The van der Waals surface area contributed by atoms with Crippen molar-refractivity contribution in [1.29, 1.82) is 0 Å². The van der Waals surface area contributed by atoms with Gasteiger partial charge in [0.25, 0.3) is 5.91 Å². The van der Waals surface area contributed by atoms with Crippen molar-refractivity contribution < 1.29 is 14.3 Å². The van der Waals surface area contributed by atoms with Crippen LogP contribution < -0.4 is 5.32 Å². The van der Waals surface area contributed by atoms with Gasteiger partial charge in [-0.3, -0.25) is 9.36 Å². The molecule has 2 heterocycles. The molecule has 33 heavy (non-hydrogen) atoms. The lowest BCUT2D eigenvalue weighted by Crippen LogP contribution is -2.12. The van der Waals surface area contributed by atoms with Gasteiger partial charge in [0.2, 0.25) is 0 Å². The maximum Gasteiger partial charge on any atom is 0.360 e. The molecule has 162 valence electrons. The molecule has 9 nitrogen and oxygen atoms in total. The Bertz CT molecular complexity index is 1470. The molecule has 3 aromatic carbocycles. The number of carbonyl (C=O) groups is 2. The van der Waals surface area contributed by atoms with E-state index in [0.717, 1.165) is 16.7 Å². The summed E-state index contributed by atoms with van der Waals surface area (Å²) < 4.78 is 8.06. The van der Waals surface area contributed by atoms with Crippen LogP contribution in [0.25, 0.3) is 22.4 Å². The number of esters is 1. The number of fused-ring (bicyclic) bond motifs is 1. The lowest BCUT2D eigenvalue weighted by Gasteiger charge is -2.09. The molecule has 1 N–H and O–H groups in total. The average molecular weight is 438 g/mol. The van der Waals surface area contributed by atoms with Crippen LogP contribution in [0.3, 0.4) is 0 Å². The lowest BCUT2D eigenvalue weighted by atomic mass is 10.1. The molecule has 0 saturated carbocycles. The molecule has 0 aliphatic carbocycles.